The second kappa shape index (κ2) is 4.94. The van der Waals surface area contributed by atoms with Gasteiger partial charge in [0.15, 0.2) is 0 Å². The first-order chi connectivity index (χ1) is 6.89. The van der Waals surface area contributed by atoms with Gasteiger partial charge in [0.1, 0.15) is 0 Å². The van der Waals surface area contributed by atoms with Crippen LogP contribution in [0.5, 0.6) is 0 Å². The Morgan fingerprint density at radius 3 is 2.60 bits per heavy atom. The van der Waals surface area contributed by atoms with E-state index in [2.05, 4.69) is 11.6 Å². The molecule has 0 radical (unpaired) electrons. The third-order valence-corrected chi connectivity index (χ3v) is 2.84. The van der Waals surface area contributed by atoms with Gasteiger partial charge in [-0.15, -0.1) is 23.8 Å². The molecule has 1 rings (SSSR count). The van der Waals surface area contributed by atoms with Crippen LogP contribution < -0.4 is 0 Å². The maximum absolute atomic E-state index is 12.1. The van der Waals surface area contributed by atoms with Crippen molar-refractivity contribution in [2.24, 2.45) is 0 Å². The molecule has 0 spiro atoms. The van der Waals surface area contributed by atoms with E-state index in [1.54, 1.807) is 12.1 Å². The van der Waals surface area contributed by atoms with Gasteiger partial charge in [0.05, 0.1) is 10.0 Å². The number of thioether (sulfide) groups is 1. The fourth-order valence-electron chi connectivity index (χ4n) is 0.709. The van der Waals surface area contributed by atoms with Crippen LogP contribution in [0, 0.1) is 0 Å². The number of hydrogen-bond acceptors (Lipinski definition) is 2. The second-order valence-electron chi connectivity index (χ2n) is 2.84. The minimum atomic E-state index is -4.95. The number of halogens is 4. The first-order valence-corrected chi connectivity index (χ1v) is 5.38. The lowest BCUT2D eigenvalue weighted by Crippen LogP contribution is -2.20. The largest absolute Gasteiger partial charge is 0.505 e. The molecule has 0 saturated heterocycles. The molecule has 15 heavy (non-hydrogen) atoms. The molecule has 1 aromatic rings. The second-order valence-corrected chi connectivity index (χ2v) is 4.27. The summed E-state index contributed by atoms with van der Waals surface area (Å²) in [7, 11) is 0. The molecular weight excluding hydrogens is 245 g/mol. The van der Waals surface area contributed by atoms with Crippen molar-refractivity contribution in [1.82, 2.24) is 4.98 Å². The molecule has 0 saturated carbocycles. The van der Waals surface area contributed by atoms with Crippen LogP contribution in [0.4, 0.5) is 12.9 Å². The van der Waals surface area contributed by atoms with Crippen molar-refractivity contribution in [2.45, 2.75) is 5.03 Å². The summed E-state index contributed by atoms with van der Waals surface area (Å²) in [5, 5.41) is 0.957. The maximum atomic E-state index is 12.1. The van der Waals surface area contributed by atoms with Crippen LogP contribution >= 0.6 is 23.4 Å². The summed E-state index contributed by atoms with van der Waals surface area (Å²) in [6.07, 6.45) is 1.39. The Labute approximate surface area is 94.8 Å². The molecule has 1 aromatic heterocycles. The molecule has 1 nitrogen and oxygen atoms in total. The Balaban J connectivity index is 2.51. The zero-order chi connectivity index (χ0) is 11.5. The van der Waals surface area contributed by atoms with E-state index < -0.39 is 12.4 Å². The lowest BCUT2D eigenvalue weighted by Gasteiger charge is -2.16. The van der Waals surface area contributed by atoms with Gasteiger partial charge in [-0.2, -0.15) is 0 Å². The van der Waals surface area contributed by atoms with Crippen LogP contribution in [-0.2, 0) is 0 Å². The van der Waals surface area contributed by atoms with Gasteiger partial charge in [-0.05, 0) is 17.9 Å². The molecule has 0 fully saturated rings. The lowest BCUT2D eigenvalue weighted by molar-refractivity contribution is 0.491. The summed E-state index contributed by atoms with van der Waals surface area (Å²) in [5.74, 6) is -0.196. The average Bonchev–Trinajstić information content (AvgIpc) is 2.15. The van der Waals surface area contributed by atoms with Gasteiger partial charge in [-0.25, -0.2) is 4.98 Å². The van der Waals surface area contributed by atoms with Gasteiger partial charge in [0, 0.05) is 6.20 Å². The molecule has 82 valence electrons. The first kappa shape index (κ1) is 12.5. The van der Waals surface area contributed by atoms with E-state index in [-0.39, 0.29) is 5.75 Å². The van der Waals surface area contributed by atoms with E-state index in [4.69, 9.17) is 11.6 Å². The lowest BCUT2D eigenvalue weighted by atomic mass is 9.82. The average molecular weight is 252 g/mol. The van der Waals surface area contributed by atoms with E-state index >= 15 is 0 Å². The number of aromatic nitrogens is 1. The van der Waals surface area contributed by atoms with Crippen LogP contribution in [0.25, 0.3) is 0 Å². The third-order valence-electron chi connectivity index (χ3n) is 1.57. The van der Waals surface area contributed by atoms with Gasteiger partial charge in [0.2, 0.25) is 0 Å². The Morgan fingerprint density at radius 2 is 2.13 bits per heavy atom. The SMILES string of the molecule is C=C(CSc1ccc(Cl)cn1)[B-](F)(F)F. The van der Waals surface area contributed by atoms with E-state index in [1.165, 1.54) is 6.20 Å². The van der Waals surface area contributed by atoms with E-state index in [9.17, 15) is 12.9 Å². The predicted molar refractivity (Wildman–Crippen MR) is 58.2 cm³/mol. The first-order valence-electron chi connectivity index (χ1n) is 4.01. The highest BCUT2D eigenvalue weighted by Crippen LogP contribution is 2.25. The van der Waals surface area contributed by atoms with Crippen LogP contribution in [0.15, 0.2) is 35.4 Å². The summed E-state index contributed by atoms with van der Waals surface area (Å²) in [5.41, 5.74) is -0.711. The van der Waals surface area contributed by atoms with Crippen molar-refractivity contribution >= 4 is 30.3 Å². The normalized spacial score (nSPS) is 11.5. The Kier molecular flexibility index (Phi) is 4.10. The Bertz CT molecular complexity index is 352. The fraction of sp³-hybridized carbons (Fsp3) is 0.125. The zero-order valence-electron chi connectivity index (χ0n) is 7.59. The summed E-state index contributed by atoms with van der Waals surface area (Å²) in [6, 6.07) is 3.15. The van der Waals surface area contributed by atoms with Crippen molar-refractivity contribution in [2.75, 3.05) is 5.75 Å². The van der Waals surface area contributed by atoms with Gasteiger partial charge >= 0.3 is 6.98 Å². The summed E-state index contributed by atoms with van der Waals surface area (Å²) in [6.45, 7) is -1.96. The van der Waals surface area contributed by atoms with E-state index in [1.807, 2.05) is 0 Å². The Hall–Kier alpha value is -0.615. The van der Waals surface area contributed by atoms with Gasteiger partial charge < -0.3 is 12.9 Å². The highest BCUT2D eigenvalue weighted by molar-refractivity contribution is 7.99. The number of pyridine rings is 1. The van der Waals surface area contributed by atoms with Gasteiger partial charge in [-0.3, -0.25) is 0 Å². The molecule has 0 unspecified atom stereocenters. The molecule has 0 aliphatic heterocycles. The van der Waals surface area contributed by atoms with Crippen molar-refractivity contribution in [3.05, 3.63) is 35.4 Å². The molecule has 0 atom stereocenters. The molecule has 0 amide bonds. The number of hydrogen-bond donors (Lipinski definition) is 0. The predicted octanol–water partition coefficient (Wildman–Crippen LogP) is 3.77. The van der Waals surface area contributed by atoms with Gasteiger partial charge in [-0.1, -0.05) is 11.6 Å². The molecule has 7 heteroatoms. The number of nitrogens with zero attached hydrogens (tertiary/aromatic N) is 1. The minimum Gasteiger partial charge on any atom is -0.445 e. The topological polar surface area (TPSA) is 12.9 Å². The number of rotatable bonds is 4. The van der Waals surface area contributed by atoms with Crippen molar-refractivity contribution in [3.63, 3.8) is 0 Å². The molecule has 0 bridgehead atoms. The van der Waals surface area contributed by atoms with Gasteiger partial charge in [0.25, 0.3) is 0 Å². The molecule has 1 heterocycles. The highest BCUT2D eigenvalue weighted by atomic mass is 35.5. The molecule has 0 aliphatic carbocycles. The Morgan fingerprint density at radius 1 is 1.47 bits per heavy atom. The highest BCUT2D eigenvalue weighted by Gasteiger charge is 2.26. The van der Waals surface area contributed by atoms with E-state index in [0.717, 1.165) is 11.8 Å². The molecule has 0 aromatic carbocycles. The van der Waals surface area contributed by atoms with Crippen LogP contribution in [0.2, 0.25) is 5.02 Å². The van der Waals surface area contributed by atoms with Crippen LogP contribution in [0.3, 0.4) is 0 Å². The van der Waals surface area contributed by atoms with Crippen molar-refractivity contribution in [1.29, 1.82) is 0 Å². The summed E-state index contributed by atoms with van der Waals surface area (Å²) in [4.78, 5) is 3.86. The minimum absolute atomic E-state index is 0.196. The smallest absolute Gasteiger partial charge is 0.445 e. The molecular formula is C8H7BClF3NS-. The van der Waals surface area contributed by atoms with E-state index in [0.29, 0.717) is 10.0 Å². The third kappa shape index (κ3) is 4.18. The summed E-state index contributed by atoms with van der Waals surface area (Å²) >= 11 is 6.57. The van der Waals surface area contributed by atoms with Crippen molar-refractivity contribution in [3.8, 4) is 0 Å². The zero-order valence-corrected chi connectivity index (χ0v) is 9.16. The fourth-order valence-corrected chi connectivity index (χ4v) is 1.63. The molecule has 0 N–H and O–H groups in total. The van der Waals surface area contributed by atoms with Crippen molar-refractivity contribution < 1.29 is 12.9 Å². The van der Waals surface area contributed by atoms with Crippen LogP contribution in [-0.4, -0.2) is 17.7 Å². The monoisotopic (exact) mass is 252 g/mol. The standard InChI is InChI=1S/C8H7BClF3NS/c1-6(9(11,12)13)5-15-8-3-2-7(10)4-14-8/h2-4H,1,5H2/q-1. The summed E-state index contributed by atoms with van der Waals surface area (Å²) < 4.78 is 36.4. The van der Waals surface area contributed by atoms with Crippen LogP contribution in [0.1, 0.15) is 0 Å². The molecule has 0 aliphatic rings. The quantitative estimate of drug-likeness (QED) is 0.597. The maximum Gasteiger partial charge on any atom is 0.505 e.